The maximum atomic E-state index is 12.0. The average molecular weight is 291 g/mol. The Labute approximate surface area is 123 Å². The first kappa shape index (κ1) is 15.0. The number of hydrogen-bond acceptors (Lipinski definition) is 6. The van der Waals surface area contributed by atoms with Crippen molar-refractivity contribution in [1.29, 1.82) is 0 Å². The van der Waals surface area contributed by atoms with Crippen molar-refractivity contribution in [3.8, 4) is 0 Å². The summed E-state index contributed by atoms with van der Waals surface area (Å²) >= 11 is 0. The Balaban J connectivity index is 2.32. The number of anilines is 2. The first-order chi connectivity index (χ1) is 10.0. The molecule has 114 valence electrons. The predicted molar refractivity (Wildman–Crippen MR) is 82.4 cm³/mol. The number of H-pyrrole nitrogens is 1. The second-order valence-corrected chi connectivity index (χ2v) is 4.96. The van der Waals surface area contributed by atoms with Crippen LogP contribution in [0.1, 0.15) is 20.8 Å². The Morgan fingerprint density at radius 2 is 2.19 bits per heavy atom. The largest absolute Gasteiger partial charge is 0.357 e. The molecule has 2 aromatic rings. The SMILES string of the molecule is CCN(CC(=O)NC(C)C)c1nc(NC)nc2nc[nH]c12. The van der Waals surface area contributed by atoms with Crippen LogP contribution < -0.4 is 15.5 Å². The maximum absolute atomic E-state index is 12.0. The van der Waals surface area contributed by atoms with Gasteiger partial charge in [-0.3, -0.25) is 4.79 Å². The first-order valence-corrected chi connectivity index (χ1v) is 6.98. The van der Waals surface area contributed by atoms with Crippen LogP contribution in [-0.4, -0.2) is 52.0 Å². The molecular formula is C13H21N7O. The Kier molecular flexibility index (Phi) is 4.56. The minimum atomic E-state index is -0.0378. The van der Waals surface area contributed by atoms with E-state index in [0.29, 0.717) is 24.0 Å². The smallest absolute Gasteiger partial charge is 0.239 e. The van der Waals surface area contributed by atoms with Crippen LogP contribution in [0, 0.1) is 0 Å². The van der Waals surface area contributed by atoms with Crippen molar-refractivity contribution in [2.24, 2.45) is 0 Å². The number of hydrogen-bond donors (Lipinski definition) is 3. The van der Waals surface area contributed by atoms with Crippen LogP contribution in [0.2, 0.25) is 0 Å². The first-order valence-electron chi connectivity index (χ1n) is 6.98. The topological polar surface area (TPSA) is 98.8 Å². The molecule has 0 unspecified atom stereocenters. The van der Waals surface area contributed by atoms with E-state index in [1.54, 1.807) is 13.4 Å². The second-order valence-electron chi connectivity index (χ2n) is 4.96. The van der Waals surface area contributed by atoms with Gasteiger partial charge in [-0.05, 0) is 20.8 Å². The van der Waals surface area contributed by atoms with E-state index in [0.717, 1.165) is 5.52 Å². The minimum absolute atomic E-state index is 0.0378. The zero-order valence-corrected chi connectivity index (χ0v) is 12.8. The number of aromatic amines is 1. The highest BCUT2D eigenvalue weighted by molar-refractivity contribution is 5.88. The summed E-state index contributed by atoms with van der Waals surface area (Å²) in [6.45, 7) is 6.74. The number of amides is 1. The fourth-order valence-electron chi connectivity index (χ4n) is 2.04. The zero-order chi connectivity index (χ0) is 15.4. The molecule has 0 aliphatic carbocycles. The van der Waals surface area contributed by atoms with Gasteiger partial charge in [0.15, 0.2) is 11.5 Å². The molecule has 0 aliphatic rings. The van der Waals surface area contributed by atoms with Crippen LogP contribution >= 0.6 is 0 Å². The molecule has 8 heteroatoms. The molecule has 0 bridgehead atoms. The molecule has 0 aliphatic heterocycles. The summed E-state index contributed by atoms with van der Waals surface area (Å²) in [6, 6.07) is 0.113. The molecule has 0 radical (unpaired) electrons. The van der Waals surface area contributed by atoms with Crippen LogP contribution in [0.5, 0.6) is 0 Å². The normalized spacial score (nSPS) is 10.9. The predicted octanol–water partition coefficient (Wildman–Crippen LogP) is 0.745. The number of aromatic nitrogens is 4. The third-order valence-corrected chi connectivity index (χ3v) is 2.96. The average Bonchev–Trinajstić information content (AvgIpc) is 2.91. The molecule has 0 aromatic carbocycles. The van der Waals surface area contributed by atoms with E-state index in [-0.39, 0.29) is 18.5 Å². The molecule has 0 saturated carbocycles. The lowest BCUT2D eigenvalue weighted by atomic mass is 10.3. The maximum Gasteiger partial charge on any atom is 0.239 e. The lowest BCUT2D eigenvalue weighted by molar-refractivity contribution is -0.120. The summed E-state index contributed by atoms with van der Waals surface area (Å²) in [6.07, 6.45) is 1.57. The molecule has 1 amide bonds. The number of imidazole rings is 1. The van der Waals surface area contributed by atoms with E-state index in [1.807, 2.05) is 25.7 Å². The van der Waals surface area contributed by atoms with Crippen molar-refractivity contribution in [2.45, 2.75) is 26.8 Å². The molecule has 2 rings (SSSR count). The zero-order valence-electron chi connectivity index (χ0n) is 12.8. The number of carbonyl (C=O) groups is 1. The molecule has 0 fully saturated rings. The summed E-state index contributed by atoms with van der Waals surface area (Å²) < 4.78 is 0. The van der Waals surface area contributed by atoms with Crippen molar-refractivity contribution in [2.75, 3.05) is 30.4 Å². The van der Waals surface area contributed by atoms with E-state index >= 15 is 0 Å². The van der Waals surface area contributed by atoms with Gasteiger partial charge in [0, 0.05) is 19.6 Å². The molecule has 8 nitrogen and oxygen atoms in total. The van der Waals surface area contributed by atoms with E-state index < -0.39 is 0 Å². The minimum Gasteiger partial charge on any atom is -0.357 e. The Morgan fingerprint density at radius 3 is 2.81 bits per heavy atom. The standard InChI is InChI=1S/C13H21N7O/c1-5-20(6-9(21)17-8(2)3)12-10-11(16-7-15-10)18-13(14-4)19-12/h7-8H,5-6H2,1-4H3,(H,17,21)(H2,14,15,16,18,19). The fourth-order valence-corrected chi connectivity index (χ4v) is 2.04. The van der Waals surface area contributed by atoms with Crippen molar-refractivity contribution < 1.29 is 4.79 Å². The van der Waals surface area contributed by atoms with Crippen LogP contribution in [0.15, 0.2) is 6.33 Å². The summed E-state index contributed by atoms with van der Waals surface area (Å²) in [7, 11) is 1.75. The van der Waals surface area contributed by atoms with E-state index in [1.165, 1.54) is 0 Å². The quantitative estimate of drug-likeness (QED) is 0.726. The molecule has 2 aromatic heterocycles. The van der Waals surface area contributed by atoms with Gasteiger partial charge in [-0.15, -0.1) is 0 Å². The van der Waals surface area contributed by atoms with Gasteiger partial charge in [0.2, 0.25) is 11.9 Å². The van der Waals surface area contributed by atoms with Crippen molar-refractivity contribution in [3.63, 3.8) is 0 Å². The van der Waals surface area contributed by atoms with E-state index in [2.05, 4.69) is 30.6 Å². The molecule has 21 heavy (non-hydrogen) atoms. The van der Waals surface area contributed by atoms with Crippen molar-refractivity contribution >= 4 is 28.8 Å². The highest BCUT2D eigenvalue weighted by atomic mass is 16.2. The van der Waals surface area contributed by atoms with Gasteiger partial charge < -0.3 is 20.5 Å². The van der Waals surface area contributed by atoms with E-state index in [9.17, 15) is 4.79 Å². The Hall–Kier alpha value is -2.38. The van der Waals surface area contributed by atoms with Crippen LogP contribution in [0.25, 0.3) is 11.2 Å². The van der Waals surface area contributed by atoms with Gasteiger partial charge in [0.25, 0.3) is 0 Å². The number of fused-ring (bicyclic) bond motifs is 1. The summed E-state index contributed by atoms with van der Waals surface area (Å²) in [4.78, 5) is 29.8. The summed E-state index contributed by atoms with van der Waals surface area (Å²) in [5.74, 6) is 1.11. The van der Waals surface area contributed by atoms with Gasteiger partial charge in [-0.25, -0.2) is 4.98 Å². The van der Waals surface area contributed by atoms with Crippen molar-refractivity contribution in [1.82, 2.24) is 25.3 Å². The Morgan fingerprint density at radius 1 is 1.43 bits per heavy atom. The number of likely N-dealkylation sites (N-methyl/N-ethyl adjacent to an activating group) is 1. The van der Waals surface area contributed by atoms with Crippen LogP contribution in [-0.2, 0) is 4.79 Å². The number of nitrogens with zero attached hydrogens (tertiary/aromatic N) is 4. The van der Waals surface area contributed by atoms with Crippen LogP contribution in [0.4, 0.5) is 11.8 Å². The summed E-state index contributed by atoms with van der Waals surface area (Å²) in [5.41, 5.74) is 1.31. The molecule has 3 N–H and O–H groups in total. The lowest BCUT2D eigenvalue weighted by Gasteiger charge is -2.22. The van der Waals surface area contributed by atoms with Crippen LogP contribution in [0.3, 0.4) is 0 Å². The molecule has 2 heterocycles. The number of rotatable bonds is 6. The van der Waals surface area contributed by atoms with Gasteiger partial charge in [-0.1, -0.05) is 0 Å². The van der Waals surface area contributed by atoms with E-state index in [4.69, 9.17) is 0 Å². The highest BCUT2D eigenvalue weighted by Crippen LogP contribution is 2.22. The van der Waals surface area contributed by atoms with Gasteiger partial charge in [0.1, 0.15) is 5.52 Å². The molecule has 0 atom stereocenters. The molecule has 0 saturated heterocycles. The monoisotopic (exact) mass is 291 g/mol. The Bertz CT molecular complexity index is 622. The molecular weight excluding hydrogens is 270 g/mol. The van der Waals surface area contributed by atoms with Gasteiger partial charge >= 0.3 is 0 Å². The van der Waals surface area contributed by atoms with Gasteiger partial charge in [-0.2, -0.15) is 9.97 Å². The van der Waals surface area contributed by atoms with Gasteiger partial charge in [0.05, 0.1) is 12.9 Å². The summed E-state index contributed by atoms with van der Waals surface area (Å²) in [5, 5.41) is 5.79. The molecule has 0 spiro atoms. The third-order valence-electron chi connectivity index (χ3n) is 2.96. The van der Waals surface area contributed by atoms with Crippen molar-refractivity contribution in [3.05, 3.63) is 6.33 Å². The third kappa shape index (κ3) is 3.39. The number of carbonyl (C=O) groups excluding carboxylic acids is 1. The lowest BCUT2D eigenvalue weighted by Crippen LogP contribution is -2.40. The second kappa shape index (κ2) is 6.38. The fraction of sp³-hybridized carbons (Fsp3) is 0.538. The highest BCUT2D eigenvalue weighted by Gasteiger charge is 2.17. The number of nitrogens with one attached hydrogen (secondary N) is 3.